The average molecular weight is 223 g/mol. The van der Waals surface area contributed by atoms with Gasteiger partial charge in [-0.15, -0.1) is 0 Å². The first kappa shape index (κ1) is 12.4. The lowest BCUT2D eigenvalue weighted by atomic mass is 9.87. The molecule has 0 unspecified atom stereocenters. The molecule has 0 fully saturated rings. The van der Waals surface area contributed by atoms with Gasteiger partial charge < -0.3 is 5.73 Å². The lowest BCUT2D eigenvalue weighted by Crippen LogP contribution is -2.34. The molecular formula is C10H17N5O. The predicted octanol–water partition coefficient (Wildman–Crippen LogP) is 0.268. The number of aryl methyl sites for hydroxylation is 1. The summed E-state index contributed by atoms with van der Waals surface area (Å²) in [5.74, 6) is 4.90. The number of carbonyl (C=O) groups is 1. The van der Waals surface area contributed by atoms with Gasteiger partial charge >= 0.3 is 0 Å². The van der Waals surface area contributed by atoms with E-state index in [4.69, 9.17) is 11.6 Å². The number of nitrogens with two attached hydrogens (primary N) is 2. The number of anilines is 1. The van der Waals surface area contributed by atoms with Crippen molar-refractivity contribution in [3.63, 3.8) is 0 Å². The van der Waals surface area contributed by atoms with Crippen LogP contribution in [0.4, 0.5) is 5.95 Å². The van der Waals surface area contributed by atoms with Gasteiger partial charge in [-0.3, -0.25) is 10.2 Å². The number of rotatable bonds is 1. The summed E-state index contributed by atoms with van der Waals surface area (Å²) in [5.41, 5.74) is 8.89. The van der Waals surface area contributed by atoms with Crippen molar-refractivity contribution in [1.82, 2.24) is 15.4 Å². The van der Waals surface area contributed by atoms with Crippen molar-refractivity contribution in [2.45, 2.75) is 33.1 Å². The Labute approximate surface area is 94.4 Å². The second-order valence-electron chi connectivity index (χ2n) is 4.61. The fourth-order valence-electron chi connectivity index (χ4n) is 1.48. The van der Waals surface area contributed by atoms with Gasteiger partial charge in [0, 0.05) is 5.41 Å². The smallest absolute Gasteiger partial charge is 0.268 e. The van der Waals surface area contributed by atoms with Crippen LogP contribution in [0, 0.1) is 6.92 Å². The minimum absolute atomic E-state index is 0.163. The fraction of sp³-hybridized carbons (Fsp3) is 0.500. The molecule has 0 saturated heterocycles. The highest BCUT2D eigenvalue weighted by molar-refractivity contribution is 5.96. The Morgan fingerprint density at radius 1 is 1.31 bits per heavy atom. The average Bonchev–Trinajstić information content (AvgIpc) is 2.14. The molecule has 0 aliphatic carbocycles. The molecule has 0 bridgehead atoms. The first-order valence-electron chi connectivity index (χ1n) is 4.93. The van der Waals surface area contributed by atoms with Crippen LogP contribution in [-0.2, 0) is 5.41 Å². The zero-order valence-corrected chi connectivity index (χ0v) is 9.96. The van der Waals surface area contributed by atoms with E-state index < -0.39 is 5.91 Å². The Bertz CT molecular complexity index is 422. The zero-order valence-electron chi connectivity index (χ0n) is 9.96. The van der Waals surface area contributed by atoms with E-state index in [1.165, 1.54) is 0 Å². The number of nitrogens with zero attached hydrogens (tertiary/aromatic N) is 2. The number of nitrogens with one attached hydrogen (secondary N) is 1. The van der Waals surface area contributed by atoms with E-state index in [9.17, 15) is 4.79 Å². The third-order valence-corrected chi connectivity index (χ3v) is 2.18. The van der Waals surface area contributed by atoms with E-state index in [2.05, 4.69) is 15.4 Å². The number of carbonyl (C=O) groups excluding carboxylic acids is 1. The minimum Gasteiger partial charge on any atom is -0.368 e. The van der Waals surface area contributed by atoms with E-state index in [-0.39, 0.29) is 11.4 Å². The molecule has 0 aliphatic rings. The molecule has 1 aromatic heterocycles. The molecule has 6 nitrogen and oxygen atoms in total. The second-order valence-corrected chi connectivity index (χ2v) is 4.61. The number of nitrogen functional groups attached to an aromatic ring is 2. The van der Waals surface area contributed by atoms with Crippen molar-refractivity contribution in [1.29, 1.82) is 0 Å². The molecule has 1 rings (SSSR count). The van der Waals surface area contributed by atoms with Gasteiger partial charge in [-0.05, 0) is 6.92 Å². The maximum absolute atomic E-state index is 11.7. The molecule has 1 amide bonds. The highest BCUT2D eigenvalue weighted by Gasteiger charge is 2.26. The van der Waals surface area contributed by atoms with Gasteiger partial charge in [0.05, 0.1) is 17.0 Å². The Balaban J connectivity index is 3.51. The van der Waals surface area contributed by atoms with Crippen LogP contribution in [0.2, 0.25) is 0 Å². The monoisotopic (exact) mass is 223 g/mol. The Morgan fingerprint density at radius 2 is 1.88 bits per heavy atom. The summed E-state index contributed by atoms with van der Waals surface area (Å²) in [7, 11) is 0. The predicted molar refractivity (Wildman–Crippen MR) is 61.5 cm³/mol. The fourth-order valence-corrected chi connectivity index (χ4v) is 1.48. The number of hydrogen-bond acceptors (Lipinski definition) is 5. The summed E-state index contributed by atoms with van der Waals surface area (Å²) in [6.45, 7) is 7.54. The summed E-state index contributed by atoms with van der Waals surface area (Å²) in [4.78, 5) is 19.7. The number of hydrazine groups is 1. The topological polar surface area (TPSA) is 107 Å². The Kier molecular flexibility index (Phi) is 3.14. The summed E-state index contributed by atoms with van der Waals surface area (Å²) in [6.07, 6.45) is 0. The SMILES string of the molecule is Cc1nc(N)nc(C(C)(C)C)c1C(=O)NN. The maximum atomic E-state index is 11.7. The molecule has 1 aromatic rings. The molecule has 16 heavy (non-hydrogen) atoms. The standard InChI is InChI=1S/C10H17N5O/c1-5-6(8(16)15-12)7(10(2,3)4)14-9(11)13-5/h12H2,1-4H3,(H,15,16)(H2,11,13,14). The van der Waals surface area contributed by atoms with Crippen LogP contribution in [0.15, 0.2) is 0 Å². The molecule has 0 atom stereocenters. The van der Waals surface area contributed by atoms with Gasteiger partial charge in [0.2, 0.25) is 5.95 Å². The lowest BCUT2D eigenvalue weighted by molar-refractivity contribution is 0.0949. The van der Waals surface area contributed by atoms with Crippen molar-refractivity contribution in [2.24, 2.45) is 5.84 Å². The normalized spacial score (nSPS) is 11.3. The summed E-state index contributed by atoms with van der Waals surface area (Å²) in [5, 5.41) is 0. The summed E-state index contributed by atoms with van der Waals surface area (Å²) in [6, 6.07) is 0. The molecule has 0 aromatic carbocycles. The van der Waals surface area contributed by atoms with Crippen LogP contribution in [-0.4, -0.2) is 15.9 Å². The molecule has 5 N–H and O–H groups in total. The summed E-state index contributed by atoms with van der Waals surface area (Å²) >= 11 is 0. The van der Waals surface area contributed by atoms with Crippen LogP contribution in [0.1, 0.15) is 42.5 Å². The van der Waals surface area contributed by atoms with E-state index in [1.807, 2.05) is 20.8 Å². The van der Waals surface area contributed by atoms with E-state index >= 15 is 0 Å². The number of hydrogen-bond donors (Lipinski definition) is 3. The van der Waals surface area contributed by atoms with Crippen LogP contribution in [0.5, 0.6) is 0 Å². The van der Waals surface area contributed by atoms with Crippen molar-refractivity contribution in [3.05, 3.63) is 17.0 Å². The van der Waals surface area contributed by atoms with Crippen LogP contribution < -0.4 is 17.0 Å². The molecule has 0 saturated carbocycles. The van der Waals surface area contributed by atoms with Gasteiger partial charge in [0.1, 0.15) is 0 Å². The molecular weight excluding hydrogens is 206 g/mol. The lowest BCUT2D eigenvalue weighted by Gasteiger charge is -2.21. The van der Waals surface area contributed by atoms with E-state index in [0.717, 1.165) is 0 Å². The van der Waals surface area contributed by atoms with Gasteiger partial charge in [-0.25, -0.2) is 15.8 Å². The number of aromatic nitrogens is 2. The van der Waals surface area contributed by atoms with Gasteiger partial charge in [-0.1, -0.05) is 20.8 Å². The van der Waals surface area contributed by atoms with Crippen molar-refractivity contribution in [3.8, 4) is 0 Å². The highest BCUT2D eigenvalue weighted by atomic mass is 16.2. The van der Waals surface area contributed by atoms with Crippen molar-refractivity contribution < 1.29 is 4.79 Å². The third-order valence-electron chi connectivity index (χ3n) is 2.18. The highest BCUT2D eigenvalue weighted by Crippen LogP contribution is 2.25. The maximum Gasteiger partial charge on any atom is 0.268 e. The van der Waals surface area contributed by atoms with Crippen molar-refractivity contribution in [2.75, 3.05) is 5.73 Å². The molecule has 1 heterocycles. The van der Waals surface area contributed by atoms with Crippen LogP contribution >= 0.6 is 0 Å². The molecule has 6 heteroatoms. The van der Waals surface area contributed by atoms with Gasteiger partial charge in [0.25, 0.3) is 5.91 Å². The van der Waals surface area contributed by atoms with Crippen LogP contribution in [0.25, 0.3) is 0 Å². The Morgan fingerprint density at radius 3 is 2.31 bits per heavy atom. The molecule has 0 radical (unpaired) electrons. The largest absolute Gasteiger partial charge is 0.368 e. The van der Waals surface area contributed by atoms with E-state index in [0.29, 0.717) is 17.0 Å². The molecule has 88 valence electrons. The first-order valence-corrected chi connectivity index (χ1v) is 4.93. The quantitative estimate of drug-likeness (QED) is 0.360. The third kappa shape index (κ3) is 2.27. The van der Waals surface area contributed by atoms with Gasteiger partial charge in [-0.2, -0.15) is 0 Å². The first-order chi connectivity index (χ1) is 7.27. The second kappa shape index (κ2) is 4.05. The minimum atomic E-state index is -0.401. The number of amides is 1. The van der Waals surface area contributed by atoms with E-state index in [1.54, 1.807) is 6.92 Å². The molecule has 0 spiro atoms. The summed E-state index contributed by atoms with van der Waals surface area (Å²) < 4.78 is 0. The zero-order chi connectivity index (χ0) is 12.5. The van der Waals surface area contributed by atoms with Crippen molar-refractivity contribution >= 4 is 11.9 Å². The molecule has 0 aliphatic heterocycles. The van der Waals surface area contributed by atoms with Crippen LogP contribution in [0.3, 0.4) is 0 Å². The Hall–Kier alpha value is -1.69. The van der Waals surface area contributed by atoms with Gasteiger partial charge in [0.15, 0.2) is 0 Å².